The lowest BCUT2D eigenvalue weighted by atomic mass is 10.1. The number of anilines is 1. The van der Waals surface area contributed by atoms with Gasteiger partial charge in [-0.3, -0.25) is 9.59 Å². The highest BCUT2D eigenvalue weighted by Gasteiger charge is 2.32. The van der Waals surface area contributed by atoms with Crippen LogP contribution in [0.3, 0.4) is 0 Å². The molecule has 3 aromatic rings. The van der Waals surface area contributed by atoms with Crippen LogP contribution >= 0.6 is 0 Å². The van der Waals surface area contributed by atoms with Crippen molar-refractivity contribution in [3.8, 4) is 17.8 Å². The highest BCUT2D eigenvalue weighted by atomic mass is 16.5. The number of benzene rings is 1. The van der Waals surface area contributed by atoms with Gasteiger partial charge in [-0.1, -0.05) is 18.7 Å². The monoisotopic (exact) mass is 542 g/mol. The summed E-state index contributed by atoms with van der Waals surface area (Å²) in [5.41, 5.74) is 2.53. The van der Waals surface area contributed by atoms with Gasteiger partial charge in [0.2, 0.25) is 5.91 Å². The summed E-state index contributed by atoms with van der Waals surface area (Å²) in [5, 5.41) is 14.5. The van der Waals surface area contributed by atoms with E-state index in [-0.39, 0.29) is 41.5 Å². The van der Waals surface area contributed by atoms with Crippen LogP contribution in [-0.4, -0.2) is 87.4 Å². The molecule has 208 valence electrons. The number of amides is 1. The molecule has 1 unspecified atom stereocenters. The molecule has 11 heteroatoms. The van der Waals surface area contributed by atoms with Crippen molar-refractivity contribution in [2.24, 2.45) is 0 Å². The summed E-state index contributed by atoms with van der Waals surface area (Å²) in [6.07, 6.45) is 5.17. The van der Waals surface area contributed by atoms with Gasteiger partial charge in [0, 0.05) is 25.7 Å². The van der Waals surface area contributed by atoms with E-state index in [9.17, 15) is 14.9 Å². The van der Waals surface area contributed by atoms with Crippen molar-refractivity contribution in [3.63, 3.8) is 0 Å². The van der Waals surface area contributed by atoms with E-state index in [1.165, 1.54) is 10.8 Å². The largest absolute Gasteiger partial charge is 0.462 e. The van der Waals surface area contributed by atoms with Gasteiger partial charge in [0.05, 0.1) is 35.8 Å². The molecule has 4 heterocycles. The Balaban J connectivity index is 1.59. The van der Waals surface area contributed by atoms with Crippen LogP contribution in [0.15, 0.2) is 41.8 Å². The second-order valence-corrected chi connectivity index (χ2v) is 10.5. The lowest BCUT2D eigenvalue weighted by Crippen LogP contribution is -2.55. The predicted molar refractivity (Wildman–Crippen MR) is 152 cm³/mol. The fraction of sp³-hybridized carbons (Fsp3) is 0.448. The van der Waals surface area contributed by atoms with Crippen molar-refractivity contribution >= 4 is 22.6 Å². The lowest BCUT2D eigenvalue weighted by molar-refractivity contribution is -0.128. The van der Waals surface area contributed by atoms with Gasteiger partial charge in [0.25, 0.3) is 5.56 Å². The zero-order valence-electron chi connectivity index (χ0n) is 23.2. The van der Waals surface area contributed by atoms with Crippen LogP contribution in [0.5, 0.6) is 6.01 Å². The maximum atomic E-state index is 13.9. The number of hydrogen-bond acceptors (Lipinski definition) is 9. The first kappa shape index (κ1) is 27.3. The molecule has 2 aromatic heterocycles. The summed E-state index contributed by atoms with van der Waals surface area (Å²) in [6, 6.07) is 7.96. The van der Waals surface area contributed by atoms with Crippen LogP contribution in [0, 0.1) is 25.2 Å². The summed E-state index contributed by atoms with van der Waals surface area (Å²) in [5.74, 6) is 0.293. The molecule has 1 aromatic carbocycles. The Labute approximate surface area is 233 Å². The second-order valence-electron chi connectivity index (χ2n) is 10.5. The molecule has 11 nitrogen and oxygen atoms in total. The van der Waals surface area contributed by atoms with E-state index in [1.807, 2.05) is 36.9 Å². The molecule has 0 radical (unpaired) electrons. The fourth-order valence-corrected chi connectivity index (χ4v) is 5.53. The van der Waals surface area contributed by atoms with Crippen molar-refractivity contribution in [3.05, 3.63) is 58.5 Å². The van der Waals surface area contributed by atoms with Crippen molar-refractivity contribution in [1.82, 2.24) is 29.5 Å². The zero-order chi connectivity index (χ0) is 28.4. The summed E-state index contributed by atoms with van der Waals surface area (Å²) in [4.78, 5) is 41.5. The van der Waals surface area contributed by atoms with Gasteiger partial charge >= 0.3 is 6.01 Å². The summed E-state index contributed by atoms with van der Waals surface area (Å²) < 4.78 is 7.48. The quantitative estimate of drug-likeness (QED) is 0.414. The molecule has 2 fully saturated rings. The average molecular weight is 543 g/mol. The number of likely N-dealkylation sites (tertiary alicyclic amines) is 1. The van der Waals surface area contributed by atoms with Gasteiger partial charge in [0.1, 0.15) is 17.9 Å². The second kappa shape index (κ2) is 11.4. The number of rotatable bonds is 7. The minimum Gasteiger partial charge on any atom is -0.462 e. The van der Waals surface area contributed by atoms with Crippen molar-refractivity contribution < 1.29 is 9.53 Å². The van der Waals surface area contributed by atoms with Gasteiger partial charge in [-0.2, -0.15) is 25.0 Å². The molecular weight excluding hydrogens is 508 g/mol. The van der Waals surface area contributed by atoms with Crippen molar-refractivity contribution in [2.45, 2.75) is 45.2 Å². The molecule has 0 spiro atoms. The Kier molecular flexibility index (Phi) is 7.80. The summed E-state index contributed by atoms with van der Waals surface area (Å²) in [7, 11) is 2.07. The Hall–Kier alpha value is -4.30. The van der Waals surface area contributed by atoms with Crippen molar-refractivity contribution in [1.29, 1.82) is 5.26 Å². The first-order valence-electron chi connectivity index (χ1n) is 13.6. The Morgan fingerprint density at radius 1 is 1.23 bits per heavy atom. The lowest BCUT2D eigenvalue weighted by Gasteiger charge is -2.41. The smallest absolute Gasteiger partial charge is 0.319 e. The highest BCUT2D eigenvalue weighted by molar-refractivity contribution is 5.90. The predicted octanol–water partition coefficient (Wildman–Crippen LogP) is 2.38. The topological polar surface area (TPSA) is 120 Å². The van der Waals surface area contributed by atoms with Crippen LogP contribution in [0.2, 0.25) is 0 Å². The Morgan fingerprint density at radius 2 is 2.05 bits per heavy atom. The Morgan fingerprint density at radius 3 is 2.77 bits per heavy atom. The number of carbonyl (C=O) groups excluding carboxylic acids is 1. The summed E-state index contributed by atoms with van der Waals surface area (Å²) >= 11 is 0. The number of hydrogen-bond donors (Lipinski definition) is 0. The van der Waals surface area contributed by atoms with E-state index in [0.717, 1.165) is 30.5 Å². The number of carbonyl (C=O) groups is 1. The zero-order valence-corrected chi connectivity index (χ0v) is 23.2. The number of fused-ring (bicyclic) bond motifs is 1. The fourth-order valence-electron chi connectivity index (χ4n) is 5.53. The molecule has 0 N–H and O–H groups in total. The van der Waals surface area contributed by atoms with Crippen LogP contribution in [-0.2, 0) is 4.79 Å². The van der Waals surface area contributed by atoms with E-state index in [4.69, 9.17) is 9.72 Å². The third kappa shape index (κ3) is 5.14. The highest BCUT2D eigenvalue weighted by Crippen LogP contribution is 2.28. The average Bonchev–Trinajstić information content (AvgIpc) is 3.38. The first-order chi connectivity index (χ1) is 19.3. The normalized spacial score (nSPS) is 19.6. The number of likely N-dealkylation sites (N-methyl/N-ethyl adjacent to an activating group) is 1. The molecule has 2 saturated heterocycles. The maximum absolute atomic E-state index is 13.9. The van der Waals surface area contributed by atoms with Gasteiger partial charge in [-0.25, -0.2) is 0 Å². The van der Waals surface area contributed by atoms with E-state index in [1.54, 1.807) is 11.1 Å². The van der Waals surface area contributed by atoms with Crippen LogP contribution < -0.4 is 15.2 Å². The van der Waals surface area contributed by atoms with Crippen molar-refractivity contribution in [2.75, 3.05) is 44.7 Å². The SMILES string of the molecule is C=CC(=O)N1CCN(c2nc(OC[C@@H]3CCCN3C)nc3c(=O)n(-c4cccc(C)c4C)ncc23)CC1CC#N. The van der Waals surface area contributed by atoms with Crippen LogP contribution in [0.25, 0.3) is 16.6 Å². The third-order valence-corrected chi connectivity index (χ3v) is 8.05. The van der Waals surface area contributed by atoms with E-state index >= 15 is 0 Å². The summed E-state index contributed by atoms with van der Waals surface area (Å²) in [6.45, 7) is 10.2. The van der Waals surface area contributed by atoms with Gasteiger partial charge in [-0.05, 0) is 63.6 Å². The number of piperazine rings is 1. The number of ether oxygens (including phenoxy) is 1. The minimum atomic E-state index is -0.369. The minimum absolute atomic E-state index is 0.125. The standard InChI is InChI=1S/C29H34N8O3/c1-5-25(38)36-15-14-35(17-21(36)11-12-30)27-23-16-31-37(24-10-6-8-19(2)20(24)3)28(39)26(23)32-29(33-27)40-18-22-9-7-13-34(22)4/h5-6,8,10,16,21-22H,1,7,9,11,13-15,17-18H2,2-4H3/t21?,22-/m0/s1. The number of nitrogens with zero attached hydrogens (tertiary/aromatic N) is 8. The van der Waals surface area contributed by atoms with Crippen LogP contribution in [0.4, 0.5) is 5.82 Å². The molecular formula is C29H34N8O3. The van der Waals surface area contributed by atoms with E-state index in [2.05, 4.69) is 34.7 Å². The molecule has 0 aliphatic carbocycles. The molecule has 2 atom stereocenters. The first-order valence-corrected chi connectivity index (χ1v) is 13.6. The molecule has 0 bridgehead atoms. The number of aromatic nitrogens is 4. The van der Waals surface area contributed by atoms with E-state index < -0.39 is 0 Å². The molecule has 2 aliphatic rings. The third-order valence-electron chi connectivity index (χ3n) is 8.05. The van der Waals surface area contributed by atoms with Gasteiger partial charge in [-0.15, -0.1) is 0 Å². The molecule has 2 aliphatic heterocycles. The molecule has 1 amide bonds. The molecule has 5 rings (SSSR count). The van der Waals surface area contributed by atoms with Gasteiger partial charge < -0.3 is 19.4 Å². The molecule has 0 saturated carbocycles. The van der Waals surface area contributed by atoms with Gasteiger partial charge in [0.15, 0.2) is 0 Å². The van der Waals surface area contributed by atoms with E-state index in [0.29, 0.717) is 43.1 Å². The maximum Gasteiger partial charge on any atom is 0.319 e. The van der Waals surface area contributed by atoms with Crippen LogP contribution in [0.1, 0.15) is 30.4 Å². The molecule has 40 heavy (non-hydrogen) atoms. The number of aryl methyl sites for hydroxylation is 1. The number of nitriles is 1. The Bertz CT molecular complexity index is 1540.